The third-order valence-corrected chi connectivity index (χ3v) is 2.55. The Hall–Kier alpha value is -0.610. The number of ether oxygens (including phenoxy) is 1. The number of hydrazine groups is 1. The average Bonchev–Trinajstić information content (AvgIpc) is 2.65. The van der Waals surface area contributed by atoms with Crippen molar-refractivity contribution < 1.29 is 9.53 Å². The van der Waals surface area contributed by atoms with Crippen molar-refractivity contribution in [1.29, 1.82) is 0 Å². The van der Waals surface area contributed by atoms with Gasteiger partial charge in [-0.3, -0.25) is 10.2 Å². The summed E-state index contributed by atoms with van der Waals surface area (Å²) >= 11 is 0. The molecule has 0 aromatic carbocycles. The summed E-state index contributed by atoms with van der Waals surface area (Å²) in [7, 11) is 1.84. The maximum atomic E-state index is 11.6. The van der Waals surface area contributed by atoms with Crippen molar-refractivity contribution >= 4 is 5.97 Å². The largest absolute Gasteiger partial charge is 0.464 e. The number of esters is 1. The van der Waals surface area contributed by atoms with E-state index in [2.05, 4.69) is 12.3 Å². The van der Waals surface area contributed by atoms with Crippen LogP contribution in [0.5, 0.6) is 0 Å². The highest BCUT2D eigenvalue weighted by molar-refractivity contribution is 5.76. The summed E-state index contributed by atoms with van der Waals surface area (Å²) in [5.41, 5.74) is 3.02. The van der Waals surface area contributed by atoms with Crippen LogP contribution in [-0.4, -0.2) is 37.2 Å². The van der Waals surface area contributed by atoms with Crippen LogP contribution in [0.25, 0.3) is 0 Å². The first-order chi connectivity index (χ1) is 6.79. The SMILES string of the molecule is CCCCOC(=O)C1CCCN1NC. The fourth-order valence-corrected chi connectivity index (χ4v) is 1.69. The van der Waals surface area contributed by atoms with Gasteiger partial charge in [0.25, 0.3) is 0 Å². The molecule has 0 radical (unpaired) electrons. The van der Waals surface area contributed by atoms with E-state index in [1.54, 1.807) is 0 Å². The molecule has 1 aliphatic heterocycles. The van der Waals surface area contributed by atoms with Crippen LogP contribution in [0.1, 0.15) is 32.6 Å². The zero-order valence-electron chi connectivity index (χ0n) is 9.08. The van der Waals surface area contributed by atoms with Crippen molar-refractivity contribution in [3.63, 3.8) is 0 Å². The Morgan fingerprint density at radius 1 is 1.64 bits per heavy atom. The van der Waals surface area contributed by atoms with Gasteiger partial charge in [-0.1, -0.05) is 13.3 Å². The van der Waals surface area contributed by atoms with E-state index >= 15 is 0 Å². The molecule has 0 aromatic heterocycles. The molecule has 0 bridgehead atoms. The van der Waals surface area contributed by atoms with Gasteiger partial charge in [-0.15, -0.1) is 0 Å². The second kappa shape index (κ2) is 5.98. The van der Waals surface area contributed by atoms with E-state index in [0.717, 1.165) is 32.2 Å². The minimum absolute atomic E-state index is 0.0724. The maximum absolute atomic E-state index is 11.6. The molecule has 82 valence electrons. The van der Waals surface area contributed by atoms with Crippen LogP contribution >= 0.6 is 0 Å². The zero-order valence-corrected chi connectivity index (χ0v) is 9.08. The summed E-state index contributed by atoms with van der Waals surface area (Å²) in [6.45, 7) is 3.58. The maximum Gasteiger partial charge on any atom is 0.324 e. The molecule has 1 saturated heterocycles. The zero-order chi connectivity index (χ0) is 10.4. The number of rotatable bonds is 5. The summed E-state index contributed by atoms with van der Waals surface area (Å²) < 4.78 is 5.18. The first-order valence-corrected chi connectivity index (χ1v) is 5.40. The van der Waals surface area contributed by atoms with Crippen LogP contribution in [0.3, 0.4) is 0 Å². The number of hydrogen-bond acceptors (Lipinski definition) is 4. The van der Waals surface area contributed by atoms with E-state index in [1.807, 2.05) is 12.1 Å². The molecular formula is C10H20N2O2. The van der Waals surface area contributed by atoms with Crippen LogP contribution in [0, 0.1) is 0 Å². The highest BCUT2D eigenvalue weighted by Gasteiger charge is 2.30. The van der Waals surface area contributed by atoms with Crippen LogP contribution in [0.4, 0.5) is 0 Å². The van der Waals surface area contributed by atoms with Gasteiger partial charge in [-0.2, -0.15) is 0 Å². The van der Waals surface area contributed by atoms with Gasteiger partial charge in [0.05, 0.1) is 6.61 Å². The molecule has 0 aliphatic carbocycles. The predicted molar refractivity (Wildman–Crippen MR) is 54.7 cm³/mol. The third-order valence-electron chi connectivity index (χ3n) is 2.55. The van der Waals surface area contributed by atoms with E-state index in [9.17, 15) is 4.79 Å². The molecule has 14 heavy (non-hydrogen) atoms. The molecule has 1 aliphatic rings. The van der Waals surface area contributed by atoms with Crippen molar-refractivity contribution in [3.05, 3.63) is 0 Å². The van der Waals surface area contributed by atoms with Crippen LogP contribution in [0.2, 0.25) is 0 Å². The van der Waals surface area contributed by atoms with Gasteiger partial charge in [-0.25, -0.2) is 5.01 Å². The second-order valence-electron chi connectivity index (χ2n) is 3.60. The van der Waals surface area contributed by atoms with Gasteiger partial charge in [0.15, 0.2) is 0 Å². The third kappa shape index (κ3) is 2.96. The average molecular weight is 200 g/mol. The number of unbranched alkanes of at least 4 members (excludes halogenated alkanes) is 1. The van der Waals surface area contributed by atoms with Crippen LogP contribution in [0.15, 0.2) is 0 Å². The quantitative estimate of drug-likeness (QED) is 0.529. The van der Waals surface area contributed by atoms with E-state index in [0.29, 0.717) is 6.61 Å². The number of carbonyl (C=O) groups excluding carboxylic acids is 1. The smallest absolute Gasteiger partial charge is 0.324 e. The van der Waals surface area contributed by atoms with Crippen molar-refractivity contribution in [2.75, 3.05) is 20.2 Å². The number of nitrogens with zero attached hydrogens (tertiary/aromatic N) is 1. The Labute approximate surface area is 85.6 Å². The summed E-state index contributed by atoms with van der Waals surface area (Å²) in [5, 5.41) is 1.95. The van der Waals surface area contributed by atoms with E-state index in [4.69, 9.17) is 4.74 Å². The van der Waals surface area contributed by atoms with Crippen molar-refractivity contribution in [1.82, 2.24) is 10.4 Å². The molecule has 0 amide bonds. The van der Waals surface area contributed by atoms with Crippen LogP contribution in [-0.2, 0) is 9.53 Å². The van der Waals surface area contributed by atoms with E-state index in [1.165, 1.54) is 0 Å². The Kier molecular flexibility index (Phi) is 4.90. The normalized spacial score (nSPS) is 22.6. The molecule has 1 atom stereocenters. The van der Waals surface area contributed by atoms with Gasteiger partial charge in [0.2, 0.25) is 0 Å². The molecule has 1 heterocycles. The van der Waals surface area contributed by atoms with Crippen molar-refractivity contribution in [2.24, 2.45) is 0 Å². The first kappa shape index (κ1) is 11.5. The molecular weight excluding hydrogens is 180 g/mol. The van der Waals surface area contributed by atoms with Gasteiger partial charge >= 0.3 is 5.97 Å². The lowest BCUT2D eigenvalue weighted by Crippen LogP contribution is -2.44. The molecule has 1 rings (SSSR count). The van der Waals surface area contributed by atoms with Crippen molar-refractivity contribution in [2.45, 2.75) is 38.6 Å². The summed E-state index contributed by atoms with van der Waals surface area (Å²) in [6, 6.07) is -0.0724. The Bertz CT molecular complexity index is 185. The Balaban J connectivity index is 2.28. The molecule has 1 N–H and O–H groups in total. The lowest BCUT2D eigenvalue weighted by Gasteiger charge is -2.21. The van der Waals surface area contributed by atoms with Gasteiger partial charge < -0.3 is 4.74 Å². The molecule has 4 nitrogen and oxygen atoms in total. The first-order valence-electron chi connectivity index (χ1n) is 5.40. The van der Waals surface area contributed by atoms with Crippen molar-refractivity contribution in [3.8, 4) is 0 Å². The lowest BCUT2D eigenvalue weighted by molar-refractivity contribution is -0.150. The fourth-order valence-electron chi connectivity index (χ4n) is 1.69. The highest BCUT2D eigenvalue weighted by atomic mass is 16.5. The molecule has 1 unspecified atom stereocenters. The Morgan fingerprint density at radius 2 is 2.43 bits per heavy atom. The molecule has 4 heteroatoms. The molecule has 0 spiro atoms. The predicted octanol–water partition coefficient (Wildman–Crippen LogP) is 0.928. The summed E-state index contributed by atoms with van der Waals surface area (Å²) in [4.78, 5) is 11.6. The Morgan fingerprint density at radius 3 is 3.07 bits per heavy atom. The standard InChI is InChI=1S/C10H20N2O2/c1-3-4-8-14-10(13)9-6-5-7-12(9)11-2/h9,11H,3-8H2,1-2H3. The number of hydrogen-bond donors (Lipinski definition) is 1. The highest BCUT2D eigenvalue weighted by Crippen LogP contribution is 2.15. The minimum atomic E-state index is -0.0784. The monoisotopic (exact) mass is 200 g/mol. The van der Waals surface area contributed by atoms with Crippen LogP contribution < -0.4 is 5.43 Å². The van der Waals surface area contributed by atoms with E-state index in [-0.39, 0.29) is 12.0 Å². The number of nitrogens with one attached hydrogen (secondary N) is 1. The second-order valence-corrected chi connectivity index (χ2v) is 3.60. The molecule has 1 fully saturated rings. The lowest BCUT2D eigenvalue weighted by atomic mass is 10.2. The summed E-state index contributed by atoms with van der Waals surface area (Å²) in [6.07, 6.45) is 3.99. The fraction of sp³-hybridized carbons (Fsp3) is 0.900. The topological polar surface area (TPSA) is 41.6 Å². The van der Waals surface area contributed by atoms with E-state index < -0.39 is 0 Å². The van der Waals surface area contributed by atoms with Gasteiger partial charge in [-0.05, 0) is 26.3 Å². The molecule has 0 aromatic rings. The number of carbonyl (C=O) groups is 1. The molecule has 0 saturated carbocycles. The van der Waals surface area contributed by atoms with Gasteiger partial charge in [0.1, 0.15) is 6.04 Å². The van der Waals surface area contributed by atoms with Gasteiger partial charge in [0, 0.05) is 6.54 Å². The summed E-state index contributed by atoms with van der Waals surface area (Å²) in [5.74, 6) is -0.0784. The minimum Gasteiger partial charge on any atom is -0.464 e.